The second kappa shape index (κ2) is 15.4. The highest BCUT2D eigenvalue weighted by Crippen LogP contribution is 2.40. The summed E-state index contributed by atoms with van der Waals surface area (Å²) >= 11 is 0. The zero-order valence-corrected chi connectivity index (χ0v) is 22.2. The van der Waals surface area contributed by atoms with Gasteiger partial charge in [0.2, 0.25) is 0 Å². The lowest BCUT2D eigenvalue weighted by molar-refractivity contribution is 0.0954. The Labute approximate surface area is 220 Å². The molecule has 0 saturated heterocycles. The zero-order chi connectivity index (χ0) is 27.1. The first kappa shape index (κ1) is 29.5. The van der Waals surface area contributed by atoms with E-state index < -0.39 is 5.60 Å². The van der Waals surface area contributed by atoms with Gasteiger partial charge in [-0.05, 0) is 57.2 Å². The molecule has 37 heavy (non-hydrogen) atoms. The van der Waals surface area contributed by atoms with Crippen LogP contribution in [-0.4, -0.2) is 30.5 Å². The number of rotatable bonds is 15. The van der Waals surface area contributed by atoms with E-state index in [2.05, 4.69) is 13.0 Å². The SMILES string of the molecule is CCCCCCOc1cc(/C=C/C2=C(C#N)C(=C(C#N)C#N)OC2(C)C)ccc1OCCCCCCO. The molecule has 0 aliphatic carbocycles. The molecule has 1 aliphatic rings. The average Bonchev–Trinajstić information content (AvgIpc) is 3.15. The molecule has 2 rings (SSSR count). The fourth-order valence-electron chi connectivity index (χ4n) is 3.98. The topological polar surface area (TPSA) is 119 Å². The van der Waals surface area contributed by atoms with Crippen molar-refractivity contribution in [2.24, 2.45) is 0 Å². The van der Waals surface area contributed by atoms with E-state index in [1.807, 2.05) is 36.4 Å². The number of aliphatic hydroxyl groups is 1. The number of unbranched alkanes of at least 4 members (excludes halogenated alkanes) is 6. The predicted molar refractivity (Wildman–Crippen MR) is 142 cm³/mol. The summed E-state index contributed by atoms with van der Waals surface area (Å²) in [5, 5.41) is 37.2. The predicted octanol–water partition coefficient (Wildman–Crippen LogP) is 6.52. The maximum absolute atomic E-state index is 9.74. The van der Waals surface area contributed by atoms with E-state index >= 15 is 0 Å². The molecular formula is C30H37N3O4. The van der Waals surface area contributed by atoms with Crippen LogP contribution in [0.2, 0.25) is 0 Å². The van der Waals surface area contributed by atoms with Crippen molar-refractivity contribution in [3.63, 3.8) is 0 Å². The van der Waals surface area contributed by atoms with Gasteiger partial charge in [0.05, 0.1) is 13.2 Å². The zero-order valence-electron chi connectivity index (χ0n) is 22.2. The number of nitriles is 3. The van der Waals surface area contributed by atoms with E-state index in [9.17, 15) is 15.8 Å². The van der Waals surface area contributed by atoms with Gasteiger partial charge >= 0.3 is 0 Å². The maximum Gasteiger partial charge on any atom is 0.172 e. The molecule has 0 atom stereocenters. The Balaban J connectivity index is 2.26. The van der Waals surface area contributed by atoms with Crippen LogP contribution < -0.4 is 9.47 Å². The van der Waals surface area contributed by atoms with E-state index in [0.29, 0.717) is 30.3 Å². The highest BCUT2D eigenvalue weighted by Gasteiger charge is 2.38. The van der Waals surface area contributed by atoms with Crippen molar-refractivity contribution in [1.82, 2.24) is 0 Å². The summed E-state index contributed by atoms with van der Waals surface area (Å²) in [6.07, 6.45) is 11.8. The highest BCUT2D eigenvalue weighted by molar-refractivity contribution is 5.65. The van der Waals surface area contributed by atoms with Gasteiger partial charge in [-0.2, -0.15) is 15.8 Å². The van der Waals surface area contributed by atoms with Crippen LogP contribution in [0.25, 0.3) is 6.08 Å². The number of hydrogen-bond donors (Lipinski definition) is 1. The van der Waals surface area contributed by atoms with E-state index in [1.165, 1.54) is 6.42 Å². The van der Waals surface area contributed by atoms with E-state index in [0.717, 1.165) is 50.5 Å². The van der Waals surface area contributed by atoms with Crippen LogP contribution in [0.5, 0.6) is 11.5 Å². The molecular weight excluding hydrogens is 466 g/mol. The number of nitrogens with zero attached hydrogens (tertiary/aromatic N) is 3. The molecule has 1 aliphatic heterocycles. The smallest absolute Gasteiger partial charge is 0.172 e. The minimum atomic E-state index is -0.868. The number of aliphatic hydroxyl groups excluding tert-OH is 1. The fraction of sp³-hybridized carbons (Fsp3) is 0.500. The lowest BCUT2D eigenvalue weighted by atomic mass is 9.94. The average molecular weight is 504 g/mol. The monoisotopic (exact) mass is 503 g/mol. The van der Waals surface area contributed by atoms with Crippen molar-refractivity contribution in [1.29, 1.82) is 15.8 Å². The van der Waals surface area contributed by atoms with Gasteiger partial charge in [-0.15, -0.1) is 0 Å². The van der Waals surface area contributed by atoms with Crippen LogP contribution in [0.15, 0.2) is 46.8 Å². The Kier molecular flexibility index (Phi) is 12.3. The normalized spacial score (nSPS) is 14.1. The van der Waals surface area contributed by atoms with Gasteiger partial charge in [0.25, 0.3) is 0 Å². The Morgan fingerprint density at radius 2 is 1.57 bits per heavy atom. The van der Waals surface area contributed by atoms with Gasteiger partial charge < -0.3 is 19.3 Å². The van der Waals surface area contributed by atoms with Crippen LogP contribution in [-0.2, 0) is 4.74 Å². The van der Waals surface area contributed by atoms with Crippen LogP contribution in [0.1, 0.15) is 77.7 Å². The largest absolute Gasteiger partial charge is 0.490 e. The summed E-state index contributed by atoms with van der Waals surface area (Å²) in [4.78, 5) is 0. The second-order valence-corrected chi connectivity index (χ2v) is 9.38. The summed E-state index contributed by atoms with van der Waals surface area (Å²) < 4.78 is 17.9. The van der Waals surface area contributed by atoms with Crippen LogP contribution in [0.4, 0.5) is 0 Å². The Morgan fingerprint density at radius 1 is 0.919 bits per heavy atom. The van der Waals surface area contributed by atoms with Crippen molar-refractivity contribution in [3.8, 4) is 29.7 Å². The van der Waals surface area contributed by atoms with Crippen molar-refractivity contribution in [3.05, 3.63) is 52.3 Å². The summed E-state index contributed by atoms with van der Waals surface area (Å²) in [7, 11) is 0. The molecule has 0 unspecified atom stereocenters. The van der Waals surface area contributed by atoms with E-state index in [4.69, 9.17) is 19.3 Å². The Bertz CT molecular complexity index is 1110. The van der Waals surface area contributed by atoms with Gasteiger partial charge in [-0.25, -0.2) is 0 Å². The van der Waals surface area contributed by atoms with Gasteiger partial charge in [0.1, 0.15) is 29.4 Å². The minimum Gasteiger partial charge on any atom is -0.490 e. The molecule has 0 spiro atoms. The molecule has 0 aromatic heterocycles. The first-order valence-electron chi connectivity index (χ1n) is 13.0. The van der Waals surface area contributed by atoms with E-state index in [-0.39, 0.29) is 23.5 Å². The quantitative estimate of drug-likeness (QED) is 0.214. The molecule has 0 saturated carbocycles. The third-order valence-electron chi connectivity index (χ3n) is 6.04. The minimum absolute atomic E-state index is 0.0241. The molecule has 0 bridgehead atoms. The molecule has 7 heteroatoms. The summed E-state index contributed by atoms with van der Waals surface area (Å²) in [5.41, 5.74) is 0.557. The molecule has 0 radical (unpaired) electrons. The molecule has 1 N–H and O–H groups in total. The lowest BCUT2D eigenvalue weighted by Crippen LogP contribution is -2.20. The number of ether oxygens (including phenoxy) is 3. The molecule has 0 amide bonds. The summed E-state index contributed by atoms with van der Waals surface area (Å²) in [6.45, 7) is 7.16. The summed E-state index contributed by atoms with van der Waals surface area (Å²) in [5.74, 6) is 1.38. The molecule has 1 heterocycles. The van der Waals surface area contributed by atoms with Gasteiger partial charge in [0, 0.05) is 12.2 Å². The first-order chi connectivity index (χ1) is 17.9. The number of benzene rings is 1. The van der Waals surface area contributed by atoms with Crippen molar-refractivity contribution >= 4 is 6.08 Å². The standard InChI is InChI=1S/C30H37N3O4/c1-4-5-6-10-18-36-28-19-23(13-15-27(28)35-17-11-8-7-9-16-34)12-14-26-25(22-33)29(24(20-31)21-32)37-30(26,2)3/h12-15,19,34H,4-11,16-18H2,1-3H3/b14-12+. The third kappa shape index (κ3) is 8.71. The summed E-state index contributed by atoms with van der Waals surface area (Å²) in [6, 6.07) is 11.4. The third-order valence-corrected chi connectivity index (χ3v) is 6.04. The molecule has 7 nitrogen and oxygen atoms in total. The molecule has 1 aromatic rings. The van der Waals surface area contributed by atoms with Crippen LogP contribution in [0, 0.1) is 34.0 Å². The Hall–Kier alpha value is -3.73. The van der Waals surface area contributed by atoms with Gasteiger partial charge in [-0.1, -0.05) is 50.8 Å². The number of hydrogen-bond acceptors (Lipinski definition) is 7. The maximum atomic E-state index is 9.74. The molecule has 1 aromatic carbocycles. The van der Waals surface area contributed by atoms with Crippen LogP contribution in [0.3, 0.4) is 0 Å². The van der Waals surface area contributed by atoms with Gasteiger partial charge in [-0.3, -0.25) is 0 Å². The van der Waals surface area contributed by atoms with Crippen molar-refractivity contribution < 1.29 is 19.3 Å². The lowest BCUT2D eigenvalue weighted by Gasteiger charge is -2.20. The first-order valence-corrected chi connectivity index (χ1v) is 13.0. The second-order valence-electron chi connectivity index (χ2n) is 9.38. The van der Waals surface area contributed by atoms with Gasteiger partial charge in [0.15, 0.2) is 22.8 Å². The van der Waals surface area contributed by atoms with Crippen LogP contribution >= 0.6 is 0 Å². The fourth-order valence-corrected chi connectivity index (χ4v) is 3.98. The number of allylic oxidation sites excluding steroid dienone is 2. The van der Waals surface area contributed by atoms with Crippen molar-refractivity contribution in [2.45, 2.75) is 77.7 Å². The van der Waals surface area contributed by atoms with Crippen molar-refractivity contribution in [2.75, 3.05) is 19.8 Å². The molecule has 0 fully saturated rings. The molecule has 196 valence electrons. The Morgan fingerprint density at radius 3 is 2.19 bits per heavy atom. The van der Waals surface area contributed by atoms with E-state index in [1.54, 1.807) is 19.9 Å². The highest BCUT2D eigenvalue weighted by atomic mass is 16.5.